The molecule has 1 fully saturated rings. The van der Waals surface area contributed by atoms with Gasteiger partial charge < -0.3 is 10.2 Å². The molecule has 82 valence electrons. The van der Waals surface area contributed by atoms with Gasteiger partial charge in [-0.15, -0.1) is 0 Å². The lowest BCUT2D eigenvalue weighted by Crippen LogP contribution is -2.43. The van der Waals surface area contributed by atoms with Crippen LogP contribution in [-0.2, 0) is 0 Å². The summed E-state index contributed by atoms with van der Waals surface area (Å²) in [6, 6.07) is 10.3. The van der Waals surface area contributed by atoms with Crippen molar-refractivity contribution in [2.24, 2.45) is 0 Å². The molecule has 3 heteroatoms. The molecule has 0 unspecified atom stereocenters. The topological polar surface area (TPSA) is 39.1 Å². The van der Waals surface area contributed by atoms with Gasteiger partial charge in [0.25, 0.3) is 0 Å². The summed E-state index contributed by atoms with van der Waals surface area (Å²) >= 11 is 0. The minimum Gasteiger partial charge on any atom is -0.369 e. The quantitative estimate of drug-likeness (QED) is 0.759. The number of anilines is 1. The molecule has 0 atom stereocenters. The summed E-state index contributed by atoms with van der Waals surface area (Å²) in [5.41, 5.74) is 2.32. The van der Waals surface area contributed by atoms with Gasteiger partial charge >= 0.3 is 0 Å². The highest BCUT2D eigenvalue weighted by molar-refractivity contribution is 5.59. The van der Waals surface area contributed by atoms with Gasteiger partial charge in [0.2, 0.25) is 0 Å². The molecule has 0 saturated carbocycles. The monoisotopic (exact) mass is 213 g/mol. The van der Waals surface area contributed by atoms with E-state index < -0.39 is 0 Å². The molecule has 0 bridgehead atoms. The van der Waals surface area contributed by atoms with Gasteiger partial charge in [0.05, 0.1) is 6.07 Å². The minimum atomic E-state index is 1.04. The second-order valence-electron chi connectivity index (χ2n) is 3.79. The number of allylic oxidation sites excluding steroid dienone is 1. The van der Waals surface area contributed by atoms with Gasteiger partial charge in [0.15, 0.2) is 0 Å². The van der Waals surface area contributed by atoms with Crippen LogP contribution in [0.4, 0.5) is 5.69 Å². The average Bonchev–Trinajstić information content (AvgIpc) is 2.38. The van der Waals surface area contributed by atoms with Crippen LogP contribution >= 0.6 is 0 Å². The molecule has 16 heavy (non-hydrogen) atoms. The number of nitrogens with one attached hydrogen (secondary N) is 1. The maximum Gasteiger partial charge on any atom is 0.0912 e. The first-order valence-corrected chi connectivity index (χ1v) is 5.52. The molecule has 0 aromatic heterocycles. The van der Waals surface area contributed by atoms with Crippen molar-refractivity contribution in [2.75, 3.05) is 31.1 Å². The molecular formula is C13H15N3. The van der Waals surface area contributed by atoms with Crippen LogP contribution in [0.15, 0.2) is 30.3 Å². The molecule has 1 aromatic carbocycles. The van der Waals surface area contributed by atoms with Gasteiger partial charge in [-0.05, 0) is 23.8 Å². The zero-order valence-electron chi connectivity index (χ0n) is 9.19. The molecule has 2 rings (SSSR count). The van der Waals surface area contributed by atoms with E-state index in [9.17, 15) is 0 Å². The molecule has 3 nitrogen and oxygen atoms in total. The molecule has 1 aliphatic heterocycles. The largest absolute Gasteiger partial charge is 0.369 e. The normalized spacial score (nSPS) is 16.3. The predicted molar refractivity (Wildman–Crippen MR) is 66.2 cm³/mol. The number of hydrogen-bond donors (Lipinski definition) is 1. The van der Waals surface area contributed by atoms with Gasteiger partial charge in [0, 0.05) is 37.9 Å². The first kappa shape index (κ1) is 10.7. The molecule has 0 radical (unpaired) electrons. The maximum absolute atomic E-state index is 8.49. The fourth-order valence-corrected chi connectivity index (χ4v) is 1.88. The van der Waals surface area contributed by atoms with E-state index in [2.05, 4.69) is 22.3 Å². The highest BCUT2D eigenvalue weighted by atomic mass is 15.2. The molecular weight excluding hydrogens is 198 g/mol. The highest BCUT2D eigenvalue weighted by Gasteiger charge is 2.09. The lowest BCUT2D eigenvalue weighted by atomic mass is 10.1. The standard InChI is InChI=1S/C13H15N3/c14-6-2-4-12-3-1-5-13(11-12)16-9-7-15-8-10-16/h1-5,11,15H,7-10H2. The summed E-state index contributed by atoms with van der Waals surface area (Å²) in [5.74, 6) is 0. The van der Waals surface area contributed by atoms with Gasteiger partial charge in [-0.1, -0.05) is 12.1 Å². The first-order chi connectivity index (χ1) is 7.90. The lowest BCUT2D eigenvalue weighted by Gasteiger charge is -2.29. The van der Waals surface area contributed by atoms with Crippen molar-refractivity contribution < 1.29 is 0 Å². The van der Waals surface area contributed by atoms with E-state index in [0.717, 1.165) is 31.7 Å². The number of benzene rings is 1. The summed E-state index contributed by atoms with van der Waals surface area (Å²) in [6.45, 7) is 4.17. The summed E-state index contributed by atoms with van der Waals surface area (Å²) in [7, 11) is 0. The second-order valence-corrected chi connectivity index (χ2v) is 3.79. The Morgan fingerprint density at radius 3 is 2.88 bits per heavy atom. The van der Waals surface area contributed by atoms with Crippen molar-refractivity contribution in [1.29, 1.82) is 5.26 Å². The third-order valence-electron chi connectivity index (χ3n) is 2.70. The van der Waals surface area contributed by atoms with E-state index in [1.165, 1.54) is 11.8 Å². The molecule has 1 aromatic rings. The SMILES string of the molecule is N#CC=Cc1cccc(N2CCNCC2)c1. The average molecular weight is 213 g/mol. The fraction of sp³-hybridized carbons (Fsp3) is 0.308. The van der Waals surface area contributed by atoms with Crippen molar-refractivity contribution in [3.63, 3.8) is 0 Å². The Morgan fingerprint density at radius 2 is 2.12 bits per heavy atom. The van der Waals surface area contributed by atoms with Crippen molar-refractivity contribution in [3.05, 3.63) is 35.9 Å². The molecule has 1 N–H and O–H groups in total. The van der Waals surface area contributed by atoms with Gasteiger partial charge in [-0.2, -0.15) is 5.26 Å². The predicted octanol–water partition coefficient (Wildman–Crippen LogP) is 1.63. The van der Waals surface area contributed by atoms with Crippen LogP contribution < -0.4 is 10.2 Å². The van der Waals surface area contributed by atoms with Gasteiger partial charge in [-0.3, -0.25) is 0 Å². The Morgan fingerprint density at radius 1 is 1.31 bits per heavy atom. The van der Waals surface area contributed by atoms with Crippen LogP contribution in [0.2, 0.25) is 0 Å². The molecule has 1 saturated heterocycles. The fourth-order valence-electron chi connectivity index (χ4n) is 1.88. The number of hydrogen-bond acceptors (Lipinski definition) is 3. The van der Waals surface area contributed by atoms with E-state index in [1.807, 2.05) is 24.3 Å². The van der Waals surface area contributed by atoms with E-state index in [0.29, 0.717) is 0 Å². The van der Waals surface area contributed by atoms with E-state index in [1.54, 1.807) is 0 Å². The van der Waals surface area contributed by atoms with Crippen molar-refractivity contribution >= 4 is 11.8 Å². The Labute approximate surface area is 96.0 Å². The van der Waals surface area contributed by atoms with E-state index in [4.69, 9.17) is 5.26 Å². The second kappa shape index (κ2) is 5.34. The molecule has 1 heterocycles. The van der Waals surface area contributed by atoms with Crippen molar-refractivity contribution in [1.82, 2.24) is 5.32 Å². The minimum absolute atomic E-state index is 1.04. The smallest absolute Gasteiger partial charge is 0.0912 e. The van der Waals surface area contributed by atoms with Crippen molar-refractivity contribution in [3.8, 4) is 6.07 Å². The van der Waals surface area contributed by atoms with E-state index in [-0.39, 0.29) is 0 Å². The number of rotatable bonds is 2. The van der Waals surface area contributed by atoms with E-state index >= 15 is 0 Å². The van der Waals surface area contributed by atoms with Gasteiger partial charge in [-0.25, -0.2) is 0 Å². The Balaban J connectivity index is 2.15. The molecule has 1 aliphatic rings. The number of nitrogens with zero attached hydrogens (tertiary/aromatic N) is 2. The summed E-state index contributed by atoms with van der Waals surface area (Å²) < 4.78 is 0. The molecule has 0 aliphatic carbocycles. The first-order valence-electron chi connectivity index (χ1n) is 5.52. The third-order valence-corrected chi connectivity index (χ3v) is 2.70. The number of nitriles is 1. The van der Waals surface area contributed by atoms with Crippen LogP contribution in [0.5, 0.6) is 0 Å². The third kappa shape index (κ3) is 2.62. The Kier molecular flexibility index (Phi) is 3.58. The van der Waals surface area contributed by atoms with Crippen LogP contribution in [-0.4, -0.2) is 26.2 Å². The number of piperazine rings is 1. The highest BCUT2D eigenvalue weighted by Crippen LogP contribution is 2.17. The lowest BCUT2D eigenvalue weighted by molar-refractivity contribution is 0.589. The van der Waals surface area contributed by atoms with Gasteiger partial charge in [0.1, 0.15) is 0 Å². The Bertz CT molecular complexity index is 411. The molecule has 0 amide bonds. The summed E-state index contributed by atoms with van der Waals surface area (Å²) in [5, 5.41) is 11.8. The maximum atomic E-state index is 8.49. The zero-order valence-corrected chi connectivity index (χ0v) is 9.19. The van der Waals surface area contributed by atoms with Crippen LogP contribution in [0, 0.1) is 11.3 Å². The van der Waals surface area contributed by atoms with Crippen molar-refractivity contribution in [2.45, 2.75) is 0 Å². The Hall–Kier alpha value is -1.79. The zero-order chi connectivity index (χ0) is 11.2. The van der Waals surface area contributed by atoms with Crippen LogP contribution in [0.1, 0.15) is 5.56 Å². The summed E-state index contributed by atoms with van der Waals surface area (Å²) in [4.78, 5) is 2.36. The molecule has 0 spiro atoms. The summed E-state index contributed by atoms with van der Waals surface area (Å²) in [6.07, 6.45) is 3.35. The van der Waals surface area contributed by atoms with Crippen LogP contribution in [0.3, 0.4) is 0 Å². The van der Waals surface area contributed by atoms with Crippen LogP contribution in [0.25, 0.3) is 6.08 Å².